The fourth-order valence-corrected chi connectivity index (χ4v) is 2.49. The van der Waals surface area contributed by atoms with E-state index < -0.39 is 0 Å². The van der Waals surface area contributed by atoms with E-state index in [1.54, 1.807) is 0 Å². The van der Waals surface area contributed by atoms with Crippen LogP contribution in [-0.2, 0) is 4.74 Å². The van der Waals surface area contributed by atoms with Gasteiger partial charge in [0.25, 0.3) is 0 Å². The quantitative estimate of drug-likeness (QED) is 0.685. The van der Waals surface area contributed by atoms with Crippen LogP contribution in [0.2, 0.25) is 0 Å². The van der Waals surface area contributed by atoms with Crippen LogP contribution in [0.4, 0.5) is 0 Å². The lowest BCUT2D eigenvalue weighted by Crippen LogP contribution is -2.29. The van der Waals surface area contributed by atoms with Crippen molar-refractivity contribution in [3.05, 3.63) is 0 Å². The Morgan fingerprint density at radius 3 is 2.69 bits per heavy atom. The molecule has 0 bridgehead atoms. The third kappa shape index (κ3) is 5.31. The molecule has 1 saturated heterocycles. The summed E-state index contributed by atoms with van der Waals surface area (Å²) in [4.78, 5) is 0. The molecule has 1 fully saturated rings. The van der Waals surface area contributed by atoms with Gasteiger partial charge in [0.2, 0.25) is 0 Å². The van der Waals surface area contributed by atoms with E-state index in [4.69, 9.17) is 4.74 Å². The lowest BCUT2D eigenvalue weighted by molar-refractivity contribution is 0.0491. The lowest BCUT2D eigenvalue weighted by atomic mass is 10.0. The monoisotopic (exact) mass is 227 g/mol. The predicted molar refractivity (Wildman–Crippen MR) is 69.8 cm³/mol. The summed E-state index contributed by atoms with van der Waals surface area (Å²) in [5.41, 5.74) is 0. The van der Waals surface area contributed by atoms with Gasteiger partial charge in [-0.2, -0.15) is 0 Å². The zero-order valence-corrected chi connectivity index (χ0v) is 11.3. The van der Waals surface area contributed by atoms with Crippen LogP contribution < -0.4 is 5.32 Å². The molecular formula is C14H29NO. The Bertz CT molecular complexity index is 172. The zero-order chi connectivity index (χ0) is 11.8. The maximum atomic E-state index is 5.84. The van der Waals surface area contributed by atoms with Crippen molar-refractivity contribution in [2.24, 2.45) is 0 Å². The van der Waals surface area contributed by atoms with E-state index in [1.807, 2.05) is 0 Å². The second-order valence-corrected chi connectivity index (χ2v) is 5.14. The van der Waals surface area contributed by atoms with Crippen molar-refractivity contribution < 1.29 is 4.74 Å². The minimum Gasteiger partial charge on any atom is -0.375 e. The van der Waals surface area contributed by atoms with Gasteiger partial charge in [-0.05, 0) is 58.4 Å². The second kappa shape index (κ2) is 8.08. The van der Waals surface area contributed by atoms with Crippen molar-refractivity contribution in [3.63, 3.8) is 0 Å². The molecule has 1 aliphatic rings. The first-order chi connectivity index (χ1) is 7.76. The highest BCUT2D eigenvalue weighted by atomic mass is 16.5. The van der Waals surface area contributed by atoms with Crippen molar-refractivity contribution in [3.8, 4) is 0 Å². The highest BCUT2D eigenvalue weighted by Gasteiger charge is 2.21. The second-order valence-electron chi connectivity index (χ2n) is 5.14. The zero-order valence-electron chi connectivity index (χ0n) is 11.3. The summed E-state index contributed by atoms with van der Waals surface area (Å²) in [6.45, 7) is 7.86. The molecule has 0 saturated carbocycles. The molecule has 1 rings (SSSR count). The van der Waals surface area contributed by atoms with E-state index in [9.17, 15) is 0 Å². The fourth-order valence-electron chi connectivity index (χ4n) is 2.49. The van der Waals surface area contributed by atoms with Crippen LogP contribution in [0.25, 0.3) is 0 Å². The summed E-state index contributed by atoms with van der Waals surface area (Å²) >= 11 is 0. The first-order valence-electron chi connectivity index (χ1n) is 7.15. The Morgan fingerprint density at radius 2 is 2.12 bits per heavy atom. The van der Waals surface area contributed by atoms with Gasteiger partial charge < -0.3 is 10.1 Å². The van der Waals surface area contributed by atoms with Gasteiger partial charge in [-0.25, -0.2) is 0 Å². The molecular weight excluding hydrogens is 198 g/mol. The lowest BCUT2D eigenvalue weighted by Gasteiger charge is -2.17. The molecule has 16 heavy (non-hydrogen) atoms. The molecule has 1 aliphatic heterocycles. The van der Waals surface area contributed by atoms with Gasteiger partial charge in [0.05, 0.1) is 12.2 Å². The molecule has 0 aromatic carbocycles. The first-order valence-corrected chi connectivity index (χ1v) is 7.15. The first kappa shape index (κ1) is 14.0. The van der Waals surface area contributed by atoms with E-state index in [1.165, 1.54) is 44.9 Å². The van der Waals surface area contributed by atoms with Crippen molar-refractivity contribution in [2.45, 2.75) is 84.0 Å². The Labute approximate surface area is 101 Å². The number of hydrogen-bond donors (Lipinski definition) is 1. The van der Waals surface area contributed by atoms with Crippen molar-refractivity contribution in [2.75, 3.05) is 6.54 Å². The molecule has 3 atom stereocenters. The van der Waals surface area contributed by atoms with E-state index >= 15 is 0 Å². The summed E-state index contributed by atoms with van der Waals surface area (Å²) in [7, 11) is 0. The van der Waals surface area contributed by atoms with Crippen LogP contribution in [0.5, 0.6) is 0 Å². The van der Waals surface area contributed by atoms with Gasteiger partial charge in [-0.1, -0.05) is 13.8 Å². The average Bonchev–Trinajstić information content (AvgIpc) is 2.69. The van der Waals surface area contributed by atoms with Gasteiger partial charge in [0.15, 0.2) is 0 Å². The number of hydrogen-bond acceptors (Lipinski definition) is 2. The van der Waals surface area contributed by atoms with Gasteiger partial charge in [0, 0.05) is 6.04 Å². The largest absolute Gasteiger partial charge is 0.375 e. The maximum Gasteiger partial charge on any atom is 0.0579 e. The van der Waals surface area contributed by atoms with Gasteiger partial charge in [0.1, 0.15) is 0 Å². The Kier molecular flexibility index (Phi) is 7.06. The normalized spacial score (nSPS) is 27.2. The molecule has 0 radical (unpaired) electrons. The van der Waals surface area contributed by atoms with Crippen LogP contribution in [0.3, 0.4) is 0 Å². The molecule has 1 N–H and O–H groups in total. The van der Waals surface area contributed by atoms with Gasteiger partial charge in [-0.15, -0.1) is 0 Å². The fraction of sp³-hybridized carbons (Fsp3) is 1.00. The Hall–Kier alpha value is -0.0800. The van der Waals surface area contributed by atoms with E-state index in [0.717, 1.165) is 12.6 Å². The smallest absolute Gasteiger partial charge is 0.0579 e. The molecule has 0 aromatic heterocycles. The van der Waals surface area contributed by atoms with Crippen molar-refractivity contribution >= 4 is 0 Å². The van der Waals surface area contributed by atoms with Crippen LogP contribution in [-0.4, -0.2) is 24.8 Å². The summed E-state index contributed by atoms with van der Waals surface area (Å²) in [5.74, 6) is 0. The molecule has 0 amide bonds. The molecule has 0 aromatic rings. The van der Waals surface area contributed by atoms with Gasteiger partial charge >= 0.3 is 0 Å². The third-order valence-electron chi connectivity index (χ3n) is 3.57. The van der Waals surface area contributed by atoms with Crippen LogP contribution >= 0.6 is 0 Å². The molecule has 96 valence electrons. The predicted octanol–water partition coefficient (Wildman–Crippen LogP) is 3.50. The number of ether oxygens (including phenoxy) is 1. The van der Waals surface area contributed by atoms with Crippen LogP contribution in [0, 0.1) is 0 Å². The van der Waals surface area contributed by atoms with Crippen LogP contribution in [0.15, 0.2) is 0 Å². The Balaban J connectivity index is 2.04. The van der Waals surface area contributed by atoms with Crippen LogP contribution in [0.1, 0.15) is 65.7 Å². The minimum atomic E-state index is 0.505. The highest BCUT2D eigenvalue weighted by Crippen LogP contribution is 2.23. The maximum absolute atomic E-state index is 5.84. The van der Waals surface area contributed by atoms with E-state index in [0.29, 0.717) is 12.2 Å². The van der Waals surface area contributed by atoms with E-state index in [-0.39, 0.29) is 0 Å². The third-order valence-corrected chi connectivity index (χ3v) is 3.57. The number of rotatable bonds is 8. The summed E-state index contributed by atoms with van der Waals surface area (Å²) < 4.78 is 5.84. The average molecular weight is 227 g/mol. The number of nitrogens with one attached hydrogen (secondary N) is 1. The molecule has 3 unspecified atom stereocenters. The topological polar surface area (TPSA) is 21.3 Å². The molecule has 0 aliphatic carbocycles. The molecule has 0 spiro atoms. The van der Waals surface area contributed by atoms with Crippen molar-refractivity contribution in [1.82, 2.24) is 5.32 Å². The standard InChI is InChI=1S/C14H29NO/c1-4-11-15-13(5-2)7-6-8-14-10-9-12(3)16-14/h12-15H,4-11H2,1-3H3. The molecule has 2 nitrogen and oxygen atoms in total. The van der Waals surface area contributed by atoms with Crippen molar-refractivity contribution in [1.29, 1.82) is 0 Å². The SMILES string of the molecule is CCCNC(CC)CCCC1CCC(C)O1. The highest BCUT2D eigenvalue weighted by molar-refractivity contribution is 4.72. The summed E-state index contributed by atoms with van der Waals surface area (Å²) in [6, 6.07) is 0.721. The summed E-state index contributed by atoms with van der Waals surface area (Å²) in [6.07, 6.45) is 9.97. The summed E-state index contributed by atoms with van der Waals surface area (Å²) in [5, 5.41) is 3.61. The Morgan fingerprint density at radius 1 is 1.31 bits per heavy atom. The minimum absolute atomic E-state index is 0.505. The van der Waals surface area contributed by atoms with Gasteiger partial charge in [-0.3, -0.25) is 0 Å². The molecule has 2 heteroatoms. The van der Waals surface area contributed by atoms with E-state index in [2.05, 4.69) is 26.1 Å². The molecule has 1 heterocycles.